The Labute approximate surface area is 136 Å². The zero-order valence-corrected chi connectivity index (χ0v) is 13.5. The van der Waals surface area contributed by atoms with Gasteiger partial charge in [0, 0.05) is 12.2 Å². The number of ether oxygens (including phenoxy) is 1. The zero-order valence-electron chi connectivity index (χ0n) is 12.0. The Morgan fingerprint density at radius 1 is 1.00 bits per heavy atom. The van der Waals surface area contributed by atoms with Crippen LogP contribution in [-0.2, 0) is 6.54 Å². The molecule has 2 nitrogen and oxygen atoms in total. The molecule has 0 bridgehead atoms. The third-order valence-electron chi connectivity index (χ3n) is 3.11. The fraction of sp³-hybridized carbons (Fsp3) is 0.294. The quantitative estimate of drug-likeness (QED) is 0.651. The Hall–Kier alpha value is -1.38. The summed E-state index contributed by atoms with van der Waals surface area (Å²) in [5.41, 5.74) is 2.14. The third-order valence-corrected chi connectivity index (χ3v) is 3.85. The Morgan fingerprint density at radius 2 is 1.76 bits per heavy atom. The van der Waals surface area contributed by atoms with Gasteiger partial charge in [0.2, 0.25) is 0 Å². The van der Waals surface area contributed by atoms with Crippen LogP contribution in [0.2, 0.25) is 10.0 Å². The minimum absolute atomic E-state index is 0.557. The first-order valence-electron chi connectivity index (χ1n) is 7.09. The number of nitrogens with one attached hydrogen (secondary N) is 1. The van der Waals surface area contributed by atoms with E-state index in [4.69, 9.17) is 27.9 Å². The summed E-state index contributed by atoms with van der Waals surface area (Å²) >= 11 is 11.9. The smallest absolute Gasteiger partial charge is 0.119 e. The first-order chi connectivity index (χ1) is 10.2. The molecule has 0 spiro atoms. The van der Waals surface area contributed by atoms with Gasteiger partial charge in [-0.2, -0.15) is 0 Å². The van der Waals surface area contributed by atoms with Crippen LogP contribution in [0.25, 0.3) is 0 Å². The number of hydrogen-bond acceptors (Lipinski definition) is 2. The van der Waals surface area contributed by atoms with Crippen molar-refractivity contribution >= 4 is 28.9 Å². The van der Waals surface area contributed by atoms with Gasteiger partial charge in [-0.15, -0.1) is 0 Å². The zero-order chi connectivity index (χ0) is 15.1. The lowest BCUT2D eigenvalue weighted by Gasteiger charge is -2.09. The van der Waals surface area contributed by atoms with E-state index in [1.54, 1.807) is 6.07 Å². The first kappa shape index (κ1) is 16.0. The maximum Gasteiger partial charge on any atom is 0.119 e. The molecule has 0 saturated heterocycles. The summed E-state index contributed by atoms with van der Waals surface area (Å²) in [4.78, 5) is 0. The van der Waals surface area contributed by atoms with E-state index < -0.39 is 0 Å². The predicted octanol–water partition coefficient (Wildman–Crippen LogP) is 5.78. The molecule has 4 heteroatoms. The SMILES string of the molecule is CCCCOc1ccc(CNc2ccc(Cl)c(Cl)c2)cc1. The highest BCUT2D eigenvalue weighted by molar-refractivity contribution is 6.42. The van der Waals surface area contributed by atoms with E-state index in [0.29, 0.717) is 10.0 Å². The molecule has 0 heterocycles. The third kappa shape index (κ3) is 5.14. The number of unbranched alkanes of at least 4 members (excludes halogenated alkanes) is 1. The van der Waals surface area contributed by atoms with Gasteiger partial charge in [-0.1, -0.05) is 48.7 Å². The van der Waals surface area contributed by atoms with E-state index >= 15 is 0 Å². The van der Waals surface area contributed by atoms with E-state index in [1.165, 1.54) is 5.56 Å². The predicted molar refractivity (Wildman–Crippen MR) is 90.6 cm³/mol. The van der Waals surface area contributed by atoms with Gasteiger partial charge in [0.05, 0.1) is 16.7 Å². The number of halogens is 2. The van der Waals surface area contributed by atoms with Gasteiger partial charge >= 0.3 is 0 Å². The van der Waals surface area contributed by atoms with Crippen LogP contribution in [0.3, 0.4) is 0 Å². The molecule has 1 N–H and O–H groups in total. The summed E-state index contributed by atoms with van der Waals surface area (Å²) < 4.78 is 5.64. The van der Waals surface area contributed by atoms with Crippen molar-refractivity contribution in [3.8, 4) is 5.75 Å². The normalized spacial score (nSPS) is 10.4. The van der Waals surface area contributed by atoms with Gasteiger partial charge in [0.15, 0.2) is 0 Å². The van der Waals surface area contributed by atoms with Gasteiger partial charge in [-0.25, -0.2) is 0 Å². The molecular formula is C17H19Cl2NO. The molecule has 0 unspecified atom stereocenters. The standard InChI is InChI=1S/C17H19Cl2NO/c1-2-3-10-21-15-7-4-13(5-8-15)12-20-14-6-9-16(18)17(19)11-14/h4-9,11,20H,2-3,10,12H2,1H3. The average Bonchev–Trinajstić information content (AvgIpc) is 2.50. The molecule has 0 fully saturated rings. The highest BCUT2D eigenvalue weighted by Crippen LogP contribution is 2.25. The van der Waals surface area contributed by atoms with Gasteiger partial charge in [-0.3, -0.25) is 0 Å². The lowest BCUT2D eigenvalue weighted by molar-refractivity contribution is 0.309. The maximum absolute atomic E-state index is 5.99. The fourth-order valence-corrected chi connectivity index (χ4v) is 2.15. The Kier molecular flexibility index (Phi) is 6.21. The van der Waals surface area contributed by atoms with E-state index in [9.17, 15) is 0 Å². The lowest BCUT2D eigenvalue weighted by atomic mass is 10.2. The van der Waals surface area contributed by atoms with Crippen LogP contribution in [-0.4, -0.2) is 6.61 Å². The molecule has 0 amide bonds. The van der Waals surface area contributed by atoms with E-state index in [0.717, 1.165) is 37.4 Å². The molecule has 0 aromatic heterocycles. The van der Waals surface area contributed by atoms with Gasteiger partial charge < -0.3 is 10.1 Å². The maximum atomic E-state index is 5.99. The first-order valence-corrected chi connectivity index (χ1v) is 7.85. The molecule has 0 aliphatic heterocycles. The van der Waals surface area contributed by atoms with Crippen molar-refractivity contribution in [3.05, 3.63) is 58.1 Å². The highest BCUT2D eigenvalue weighted by atomic mass is 35.5. The Bertz CT molecular complexity index is 570. The molecule has 112 valence electrons. The van der Waals surface area contributed by atoms with E-state index in [1.807, 2.05) is 24.3 Å². The Morgan fingerprint density at radius 3 is 2.43 bits per heavy atom. The second-order valence-electron chi connectivity index (χ2n) is 4.83. The number of anilines is 1. The molecule has 0 radical (unpaired) electrons. The van der Waals surface area contributed by atoms with Gasteiger partial charge in [0.1, 0.15) is 5.75 Å². The Balaban J connectivity index is 1.86. The molecule has 0 aliphatic carbocycles. The number of rotatable bonds is 7. The van der Waals surface area contributed by atoms with Crippen LogP contribution in [0.4, 0.5) is 5.69 Å². The van der Waals surface area contributed by atoms with Crippen LogP contribution in [0.1, 0.15) is 25.3 Å². The number of benzene rings is 2. The van der Waals surface area contributed by atoms with Gasteiger partial charge in [0.25, 0.3) is 0 Å². The van der Waals surface area contributed by atoms with E-state index in [-0.39, 0.29) is 0 Å². The molecule has 0 aliphatic rings. The summed E-state index contributed by atoms with van der Waals surface area (Å²) in [5.74, 6) is 0.918. The largest absolute Gasteiger partial charge is 0.494 e. The number of hydrogen-bond donors (Lipinski definition) is 1. The molecule has 21 heavy (non-hydrogen) atoms. The van der Waals surface area contributed by atoms with Crippen molar-refractivity contribution in [3.63, 3.8) is 0 Å². The molecule has 0 atom stereocenters. The highest BCUT2D eigenvalue weighted by Gasteiger charge is 2.00. The molecule has 2 rings (SSSR count). The van der Waals surface area contributed by atoms with E-state index in [2.05, 4.69) is 24.4 Å². The minimum Gasteiger partial charge on any atom is -0.494 e. The van der Waals surface area contributed by atoms with Crippen molar-refractivity contribution in [2.24, 2.45) is 0 Å². The average molecular weight is 324 g/mol. The molecule has 2 aromatic rings. The van der Waals surface area contributed by atoms with Crippen LogP contribution in [0.15, 0.2) is 42.5 Å². The minimum atomic E-state index is 0.557. The summed E-state index contributed by atoms with van der Waals surface area (Å²) in [7, 11) is 0. The van der Waals surface area contributed by atoms with Crippen LogP contribution in [0.5, 0.6) is 5.75 Å². The summed E-state index contributed by atoms with van der Waals surface area (Å²) in [5, 5.41) is 4.44. The topological polar surface area (TPSA) is 21.3 Å². The van der Waals surface area contributed by atoms with Crippen molar-refractivity contribution in [2.45, 2.75) is 26.3 Å². The monoisotopic (exact) mass is 323 g/mol. The van der Waals surface area contributed by atoms with Crippen LogP contribution in [0, 0.1) is 0 Å². The summed E-state index contributed by atoms with van der Waals surface area (Å²) in [6.45, 7) is 3.66. The van der Waals surface area contributed by atoms with Crippen LogP contribution >= 0.6 is 23.2 Å². The summed E-state index contributed by atoms with van der Waals surface area (Å²) in [6.07, 6.45) is 2.23. The molecular weight excluding hydrogens is 305 g/mol. The second-order valence-corrected chi connectivity index (χ2v) is 5.64. The van der Waals surface area contributed by atoms with Crippen LogP contribution < -0.4 is 10.1 Å². The summed E-state index contributed by atoms with van der Waals surface area (Å²) in [6, 6.07) is 13.7. The van der Waals surface area contributed by atoms with Crippen molar-refractivity contribution in [1.82, 2.24) is 0 Å². The van der Waals surface area contributed by atoms with Crippen molar-refractivity contribution < 1.29 is 4.74 Å². The molecule has 2 aromatic carbocycles. The second kappa shape index (κ2) is 8.16. The molecule has 0 saturated carbocycles. The lowest BCUT2D eigenvalue weighted by Crippen LogP contribution is -2.00. The fourth-order valence-electron chi connectivity index (χ4n) is 1.85. The van der Waals surface area contributed by atoms with Crippen molar-refractivity contribution in [1.29, 1.82) is 0 Å². The van der Waals surface area contributed by atoms with Gasteiger partial charge in [-0.05, 0) is 42.3 Å². The van der Waals surface area contributed by atoms with Crippen molar-refractivity contribution in [2.75, 3.05) is 11.9 Å².